The van der Waals surface area contributed by atoms with Crippen LogP contribution in [0.1, 0.15) is 18.1 Å². The van der Waals surface area contributed by atoms with Crippen molar-refractivity contribution in [1.82, 2.24) is 4.98 Å². The average molecular weight is 200 g/mol. The van der Waals surface area contributed by atoms with Crippen molar-refractivity contribution < 1.29 is 0 Å². The van der Waals surface area contributed by atoms with Gasteiger partial charge in [0.25, 0.3) is 0 Å². The molecule has 10 heavy (non-hydrogen) atoms. The molecule has 0 aliphatic heterocycles. The minimum Gasteiger partial charge on any atom is -0.264 e. The number of nitrogens with zero attached hydrogens (tertiary/aromatic N) is 1. The summed E-state index contributed by atoms with van der Waals surface area (Å²) in [5.41, 5.74) is 2.68. The van der Waals surface area contributed by atoms with E-state index in [1.54, 1.807) is 0 Å². The zero-order chi connectivity index (χ0) is 7.40. The fourth-order valence-corrected chi connectivity index (χ4v) is 1.45. The Bertz CT molecular complexity index is 187. The number of pyridine rings is 1. The van der Waals surface area contributed by atoms with Crippen LogP contribution in [0.25, 0.3) is 0 Å². The first-order valence-corrected chi connectivity index (χ1v) is 4.48. The average Bonchev–Trinajstić information content (AvgIpc) is 2.04. The zero-order valence-corrected chi connectivity index (χ0v) is 7.56. The molecule has 0 spiro atoms. The lowest BCUT2D eigenvalue weighted by Gasteiger charge is -2.00. The number of hydrogen-bond donors (Lipinski definition) is 0. The van der Waals surface area contributed by atoms with Crippen LogP contribution in [-0.2, 0) is 11.8 Å². The van der Waals surface area contributed by atoms with E-state index >= 15 is 0 Å². The maximum absolute atomic E-state index is 4.04. The second kappa shape index (κ2) is 3.71. The third-order valence-corrected chi connectivity index (χ3v) is 2.13. The molecule has 0 atom stereocenters. The number of aryl methyl sites for hydroxylation is 1. The molecule has 1 heterocycles. The topological polar surface area (TPSA) is 12.9 Å². The van der Waals surface area contributed by atoms with Gasteiger partial charge in [0.1, 0.15) is 0 Å². The van der Waals surface area contributed by atoms with Crippen LogP contribution in [-0.4, -0.2) is 4.98 Å². The number of alkyl halides is 1. The number of halogens is 1. The van der Waals surface area contributed by atoms with Crippen LogP contribution in [0, 0.1) is 0 Å². The molecule has 0 saturated heterocycles. The molecular formula is C8H10BrN. The second-order valence-corrected chi connectivity index (χ2v) is 2.69. The predicted molar refractivity (Wildman–Crippen MR) is 46.2 cm³/mol. The summed E-state index contributed by atoms with van der Waals surface area (Å²) in [6.07, 6.45) is 4.82. The van der Waals surface area contributed by atoms with E-state index in [1.165, 1.54) is 11.1 Å². The van der Waals surface area contributed by atoms with E-state index in [-0.39, 0.29) is 0 Å². The fraction of sp³-hybridized carbons (Fsp3) is 0.375. The number of hydrogen-bond acceptors (Lipinski definition) is 1. The highest BCUT2D eigenvalue weighted by Crippen LogP contribution is 2.10. The second-order valence-electron chi connectivity index (χ2n) is 2.13. The van der Waals surface area contributed by atoms with Crippen LogP contribution in [0.3, 0.4) is 0 Å². The van der Waals surface area contributed by atoms with Crippen LogP contribution >= 0.6 is 15.9 Å². The van der Waals surface area contributed by atoms with Crippen molar-refractivity contribution in [3.05, 3.63) is 29.6 Å². The minimum atomic E-state index is 0.929. The molecular weight excluding hydrogens is 190 g/mol. The molecule has 0 amide bonds. The lowest BCUT2D eigenvalue weighted by Crippen LogP contribution is -1.89. The summed E-state index contributed by atoms with van der Waals surface area (Å²) in [5.74, 6) is 0. The van der Waals surface area contributed by atoms with E-state index in [9.17, 15) is 0 Å². The van der Waals surface area contributed by atoms with Gasteiger partial charge in [0.05, 0.1) is 0 Å². The summed E-state index contributed by atoms with van der Waals surface area (Å²) in [6, 6.07) is 2.05. The first kappa shape index (κ1) is 7.73. The SMILES string of the molecule is CCc1cnccc1CBr. The van der Waals surface area contributed by atoms with Gasteiger partial charge in [0, 0.05) is 17.7 Å². The molecule has 0 radical (unpaired) electrons. The lowest BCUT2D eigenvalue weighted by atomic mass is 10.1. The normalized spacial score (nSPS) is 9.80. The molecule has 0 aromatic carbocycles. The third-order valence-electron chi connectivity index (χ3n) is 1.53. The summed E-state index contributed by atoms with van der Waals surface area (Å²) < 4.78 is 0. The Morgan fingerprint density at radius 1 is 1.50 bits per heavy atom. The van der Waals surface area contributed by atoms with Crippen molar-refractivity contribution in [3.8, 4) is 0 Å². The molecule has 0 saturated carbocycles. The first-order chi connectivity index (χ1) is 4.88. The van der Waals surface area contributed by atoms with Crippen LogP contribution in [0.2, 0.25) is 0 Å². The van der Waals surface area contributed by atoms with E-state index < -0.39 is 0 Å². The number of aromatic nitrogens is 1. The van der Waals surface area contributed by atoms with Crippen molar-refractivity contribution in [2.24, 2.45) is 0 Å². The zero-order valence-electron chi connectivity index (χ0n) is 5.97. The summed E-state index contributed by atoms with van der Waals surface area (Å²) in [5, 5.41) is 0.929. The Hall–Kier alpha value is -0.370. The first-order valence-electron chi connectivity index (χ1n) is 3.36. The summed E-state index contributed by atoms with van der Waals surface area (Å²) in [6.45, 7) is 2.14. The van der Waals surface area contributed by atoms with Gasteiger partial charge in [-0.05, 0) is 23.6 Å². The maximum Gasteiger partial charge on any atom is 0.0302 e. The monoisotopic (exact) mass is 199 g/mol. The largest absolute Gasteiger partial charge is 0.264 e. The van der Waals surface area contributed by atoms with Crippen molar-refractivity contribution in [3.63, 3.8) is 0 Å². The Balaban J connectivity index is 2.96. The third kappa shape index (κ3) is 1.57. The van der Waals surface area contributed by atoms with Crippen molar-refractivity contribution >= 4 is 15.9 Å². The Labute approximate surface area is 69.6 Å². The fourth-order valence-electron chi connectivity index (χ4n) is 0.905. The van der Waals surface area contributed by atoms with Crippen molar-refractivity contribution in [2.75, 3.05) is 0 Å². The maximum atomic E-state index is 4.04. The molecule has 54 valence electrons. The molecule has 0 aliphatic carbocycles. The van der Waals surface area contributed by atoms with Gasteiger partial charge in [-0.3, -0.25) is 4.98 Å². The van der Waals surface area contributed by atoms with Crippen LogP contribution in [0.4, 0.5) is 0 Å². The Morgan fingerprint density at radius 3 is 2.80 bits per heavy atom. The summed E-state index contributed by atoms with van der Waals surface area (Å²) >= 11 is 3.42. The van der Waals surface area contributed by atoms with Gasteiger partial charge < -0.3 is 0 Å². The van der Waals surface area contributed by atoms with Gasteiger partial charge in [0.2, 0.25) is 0 Å². The molecule has 0 unspecified atom stereocenters. The molecule has 1 rings (SSSR count). The van der Waals surface area contributed by atoms with Crippen LogP contribution in [0.15, 0.2) is 18.5 Å². The highest BCUT2D eigenvalue weighted by Gasteiger charge is 1.95. The van der Waals surface area contributed by atoms with Gasteiger partial charge in [-0.2, -0.15) is 0 Å². The molecule has 0 bridgehead atoms. The van der Waals surface area contributed by atoms with E-state index in [4.69, 9.17) is 0 Å². The quantitative estimate of drug-likeness (QED) is 0.668. The molecule has 1 aromatic heterocycles. The highest BCUT2D eigenvalue weighted by molar-refractivity contribution is 9.08. The van der Waals surface area contributed by atoms with Gasteiger partial charge >= 0.3 is 0 Å². The standard InChI is InChI=1S/C8H10BrN/c1-2-7-6-10-4-3-8(7)5-9/h3-4,6H,2,5H2,1H3. The highest BCUT2D eigenvalue weighted by atomic mass is 79.9. The lowest BCUT2D eigenvalue weighted by molar-refractivity contribution is 1.07. The van der Waals surface area contributed by atoms with E-state index in [0.717, 1.165) is 11.8 Å². The van der Waals surface area contributed by atoms with Crippen LogP contribution in [0.5, 0.6) is 0 Å². The van der Waals surface area contributed by atoms with Gasteiger partial charge in [0.15, 0.2) is 0 Å². The van der Waals surface area contributed by atoms with Gasteiger partial charge in [-0.15, -0.1) is 0 Å². The molecule has 0 fully saturated rings. The molecule has 1 nitrogen and oxygen atoms in total. The summed E-state index contributed by atoms with van der Waals surface area (Å²) in [7, 11) is 0. The van der Waals surface area contributed by atoms with Gasteiger partial charge in [-0.1, -0.05) is 22.9 Å². The molecule has 2 heteroatoms. The van der Waals surface area contributed by atoms with E-state index in [0.29, 0.717) is 0 Å². The smallest absolute Gasteiger partial charge is 0.0302 e. The molecule has 0 aliphatic rings. The Morgan fingerprint density at radius 2 is 2.30 bits per heavy atom. The van der Waals surface area contributed by atoms with Crippen LogP contribution < -0.4 is 0 Å². The van der Waals surface area contributed by atoms with E-state index in [1.807, 2.05) is 18.5 Å². The van der Waals surface area contributed by atoms with Gasteiger partial charge in [-0.25, -0.2) is 0 Å². The van der Waals surface area contributed by atoms with Crippen molar-refractivity contribution in [2.45, 2.75) is 18.7 Å². The Kier molecular flexibility index (Phi) is 2.87. The predicted octanol–water partition coefficient (Wildman–Crippen LogP) is 2.54. The van der Waals surface area contributed by atoms with Crippen molar-refractivity contribution in [1.29, 1.82) is 0 Å². The molecule has 0 N–H and O–H groups in total. The number of rotatable bonds is 2. The molecule has 1 aromatic rings. The summed E-state index contributed by atoms with van der Waals surface area (Å²) in [4.78, 5) is 4.04. The van der Waals surface area contributed by atoms with E-state index in [2.05, 4.69) is 27.8 Å². The minimum absolute atomic E-state index is 0.929.